The van der Waals surface area contributed by atoms with E-state index in [0.717, 1.165) is 27.6 Å². The number of aromatic nitrogens is 4. The summed E-state index contributed by atoms with van der Waals surface area (Å²) in [6, 6.07) is 18.8. The third-order valence-corrected chi connectivity index (χ3v) is 5.95. The molecule has 0 saturated heterocycles. The van der Waals surface area contributed by atoms with Gasteiger partial charge in [0.05, 0.1) is 24.5 Å². The minimum absolute atomic E-state index is 0.164. The smallest absolute Gasteiger partial charge is 0.274 e. The summed E-state index contributed by atoms with van der Waals surface area (Å²) in [5, 5.41) is 9.54. The number of hydrogen-bond donors (Lipinski definition) is 2. The van der Waals surface area contributed by atoms with Crippen LogP contribution in [0.2, 0.25) is 0 Å². The highest BCUT2D eigenvalue weighted by Crippen LogP contribution is 2.25. The van der Waals surface area contributed by atoms with Gasteiger partial charge in [0.2, 0.25) is 5.88 Å². The van der Waals surface area contributed by atoms with E-state index in [1.165, 1.54) is 10.6 Å². The summed E-state index contributed by atoms with van der Waals surface area (Å²) in [5.41, 5.74) is 3.26. The molecular formula is C26H23N5O3. The van der Waals surface area contributed by atoms with Crippen molar-refractivity contribution in [1.82, 2.24) is 24.9 Å². The van der Waals surface area contributed by atoms with Gasteiger partial charge >= 0.3 is 0 Å². The van der Waals surface area contributed by atoms with Crippen LogP contribution in [0.5, 0.6) is 5.88 Å². The van der Waals surface area contributed by atoms with Gasteiger partial charge < -0.3 is 15.0 Å². The number of ether oxygens (including phenoxy) is 1. The van der Waals surface area contributed by atoms with Crippen molar-refractivity contribution < 1.29 is 9.53 Å². The van der Waals surface area contributed by atoms with Crippen LogP contribution >= 0.6 is 0 Å². The molecule has 0 spiro atoms. The van der Waals surface area contributed by atoms with Gasteiger partial charge in [0, 0.05) is 23.9 Å². The fourth-order valence-electron chi connectivity index (χ4n) is 4.03. The van der Waals surface area contributed by atoms with E-state index in [4.69, 9.17) is 4.74 Å². The Balaban J connectivity index is 1.47. The van der Waals surface area contributed by atoms with E-state index in [9.17, 15) is 9.59 Å². The predicted octanol–water partition coefficient (Wildman–Crippen LogP) is 4.05. The molecule has 0 aliphatic rings. The highest BCUT2D eigenvalue weighted by Gasteiger charge is 2.19. The summed E-state index contributed by atoms with van der Waals surface area (Å²) in [6.45, 7) is 3.72. The monoisotopic (exact) mass is 453 g/mol. The third kappa shape index (κ3) is 3.79. The SMILES string of the molecule is COc1ccc([C@@H](C)NC(=O)c2cc3c(=O)[nH]c(-c4ccc5ccccc5c4)c(C)n3n2)cn1. The highest BCUT2D eigenvalue weighted by atomic mass is 16.5. The summed E-state index contributed by atoms with van der Waals surface area (Å²) in [6.07, 6.45) is 1.65. The van der Waals surface area contributed by atoms with Crippen molar-refractivity contribution in [3.8, 4) is 17.1 Å². The molecule has 5 aromatic rings. The lowest BCUT2D eigenvalue weighted by Gasteiger charge is -2.13. The maximum absolute atomic E-state index is 12.9. The van der Waals surface area contributed by atoms with Gasteiger partial charge in [0.25, 0.3) is 11.5 Å². The van der Waals surface area contributed by atoms with Crippen LogP contribution in [0.4, 0.5) is 0 Å². The molecule has 3 aromatic heterocycles. The van der Waals surface area contributed by atoms with E-state index in [1.54, 1.807) is 19.4 Å². The molecule has 0 radical (unpaired) electrons. The van der Waals surface area contributed by atoms with Crippen molar-refractivity contribution in [3.63, 3.8) is 0 Å². The molecule has 170 valence electrons. The average Bonchev–Trinajstić information content (AvgIpc) is 3.33. The lowest BCUT2D eigenvalue weighted by molar-refractivity contribution is 0.0934. The Hall–Kier alpha value is -4.46. The zero-order valence-electron chi connectivity index (χ0n) is 19.0. The van der Waals surface area contributed by atoms with Gasteiger partial charge in [-0.3, -0.25) is 9.59 Å². The number of benzene rings is 2. The standard InChI is InChI=1S/C26H23N5O3/c1-15(20-10-11-23(34-3)27-14-20)28-25(32)21-13-22-26(33)29-24(16(2)31(22)30-21)19-9-8-17-6-4-5-7-18(17)12-19/h4-15H,1-3H3,(H,28,32)(H,29,33)/t15-/m1/s1. The lowest BCUT2D eigenvalue weighted by atomic mass is 10.0. The summed E-state index contributed by atoms with van der Waals surface area (Å²) >= 11 is 0. The normalized spacial score (nSPS) is 12.1. The molecule has 34 heavy (non-hydrogen) atoms. The van der Waals surface area contributed by atoms with Crippen LogP contribution in [0.15, 0.2) is 71.7 Å². The summed E-state index contributed by atoms with van der Waals surface area (Å²) in [4.78, 5) is 32.9. The highest BCUT2D eigenvalue weighted by molar-refractivity contribution is 5.94. The number of carbonyl (C=O) groups is 1. The first kappa shape index (κ1) is 21.4. The number of carbonyl (C=O) groups excluding carboxylic acids is 1. The summed E-state index contributed by atoms with van der Waals surface area (Å²) < 4.78 is 6.60. The summed E-state index contributed by atoms with van der Waals surface area (Å²) in [5.74, 6) is 0.123. The Bertz CT molecular complexity index is 1580. The number of nitrogens with zero attached hydrogens (tertiary/aromatic N) is 3. The van der Waals surface area contributed by atoms with E-state index < -0.39 is 0 Å². The number of nitrogens with one attached hydrogen (secondary N) is 2. The van der Waals surface area contributed by atoms with E-state index in [0.29, 0.717) is 17.1 Å². The quantitative estimate of drug-likeness (QED) is 0.418. The molecule has 0 fully saturated rings. The van der Waals surface area contributed by atoms with Gasteiger partial charge in [-0.05, 0) is 36.2 Å². The van der Waals surface area contributed by atoms with Crippen molar-refractivity contribution in [1.29, 1.82) is 0 Å². The molecule has 2 aromatic carbocycles. The zero-order valence-corrected chi connectivity index (χ0v) is 19.0. The molecule has 0 aliphatic heterocycles. The van der Waals surface area contributed by atoms with Crippen molar-refractivity contribution in [3.05, 3.63) is 94.2 Å². The maximum Gasteiger partial charge on any atom is 0.274 e. The first-order valence-electron chi connectivity index (χ1n) is 10.9. The van der Waals surface area contributed by atoms with Crippen LogP contribution in [-0.2, 0) is 0 Å². The number of aryl methyl sites for hydroxylation is 1. The molecule has 1 atom stereocenters. The van der Waals surface area contributed by atoms with Crippen molar-refractivity contribution in [2.24, 2.45) is 0 Å². The number of rotatable bonds is 5. The van der Waals surface area contributed by atoms with E-state index >= 15 is 0 Å². The topological polar surface area (TPSA) is 101 Å². The Labute approximate surface area is 195 Å². The van der Waals surface area contributed by atoms with Crippen LogP contribution in [-0.4, -0.2) is 32.6 Å². The van der Waals surface area contributed by atoms with E-state index in [-0.39, 0.29) is 23.2 Å². The van der Waals surface area contributed by atoms with Gasteiger partial charge in [-0.15, -0.1) is 0 Å². The zero-order chi connectivity index (χ0) is 23.8. The third-order valence-electron chi connectivity index (χ3n) is 5.95. The molecular weight excluding hydrogens is 430 g/mol. The second-order valence-electron chi connectivity index (χ2n) is 8.13. The Morgan fingerprint density at radius 2 is 1.88 bits per heavy atom. The average molecular weight is 454 g/mol. The van der Waals surface area contributed by atoms with Gasteiger partial charge in [-0.25, -0.2) is 9.50 Å². The Morgan fingerprint density at radius 3 is 2.62 bits per heavy atom. The van der Waals surface area contributed by atoms with Crippen LogP contribution in [0, 0.1) is 6.92 Å². The summed E-state index contributed by atoms with van der Waals surface area (Å²) in [7, 11) is 1.55. The second kappa shape index (κ2) is 8.47. The molecule has 1 amide bonds. The maximum atomic E-state index is 12.9. The number of pyridine rings is 1. The van der Waals surface area contributed by atoms with Gasteiger partial charge in [-0.2, -0.15) is 5.10 Å². The molecule has 5 rings (SSSR count). The molecule has 0 unspecified atom stereocenters. The number of fused-ring (bicyclic) bond motifs is 2. The van der Waals surface area contributed by atoms with Crippen LogP contribution in [0.1, 0.15) is 34.7 Å². The van der Waals surface area contributed by atoms with Crippen LogP contribution in [0.3, 0.4) is 0 Å². The predicted molar refractivity (Wildman–Crippen MR) is 130 cm³/mol. The largest absolute Gasteiger partial charge is 0.481 e. The molecule has 3 heterocycles. The Kier molecular flexibility index (Phi) is 5.33. The van der Waals surface area contributed by atoms with Crippen LogP contribution in [0.25, 0.3) is 27.5 Å². The van der Waals surface area contributed by atoms with E-state index in [1.807, 2.05) is 62.4 Å². The van der Waals surface area contributed by atoms with Gasteiger partial charge in [0.1, 0.15) is 5.52 Å². The fourth-order valence-corrected chi connectivity index (χ4v) is 4.03. The lowest BCUT2D eigenvalue weighted by Crippen LogP contribution is -2.27. The molecule has 8 heteroatoms. The molecule has 2 N–H and O–H groups in total. The first-order chi connectivity index (χ1) is 16.4. The molecule has 0 bridgehead atoms. The van der Waals surface area contributed by atoms with Gasteiger partial charge in [-0.1, -0.05) is 42.5 Å². The van der Waals surface area contributed by atoms with Crippen molar-refractivity contribution >= 4 is 22.2 Å². The Morgan fingerprint density at radius 1 is 1.09 bits per heavy atom. The van der Waals surface area contributed by atoms with Gasteiger partial charge in [0.15, 0.2) is 5.69 Å². The van der Waals surface area contributed by atoms with Crippen LogP contribution < -0.4 is 15.6 Å². The second-order valence-corrected chi connectivity index (χ2v) is 8.13. The number of hydrogen-bond acceptors (Lipinski definition) is 5. The number of amides is 1. The first-order valence-corrected chi connectivity index (χ1v) is 10.9. The molecule has 0 saturated carbocycles. The van der Waals surface area contributed by atoms with E-state index in [2.05, 4.69) is 20.4 Å². The minimum atomic E-state index is -0.377. The van der Waals surface area contributed by atoms with Crippen molar-refractivity contribution in [2.75, 3.05) is 7.11 Å². The number of H-pyrrole nitrogens is 1. The molecule has 8 nitrogen and oxygen atoms in total. The minimum Gasteiger partial charge on any atom is -0.481 e. The number of methoxy groups -OCH3 is 1. The fraction of sp³-hybridized carbons (Fsp3) is 0.154. The number of aromatic amines is 1. The van der Waals surface area contributed by atoms with Crippen molar-refractivity contribution in [2.45, 2.75) is 19.9 Å². The molecule has 0 aliphatic carbocycles.